The molecule has 0 aliphatic carbocycles. The minimum Gasteiger partial charge on any atom is -0.495 e. The predicted molar refractivity (Wildman–Crippen MR) is 115 cm³/mol. The van der Waals surface area contributed by atoms with Gasteiger partial charge in [0.05, 0.1) is 18.2 Å². The molecular formula is C22H25N5O3. The Morgan fingerprint density at radius 3 is 2.57 bits per heavy atom. The minimum absolute atomic E-state index is 0.108. The van der Waals surface area contributed by atoms with Crippen molar-refractivity contribution in [3.63, 3.8) is 0 Å². The van der Waals surface area contributed by atoms with Gasteiger partial charge in [-0.3, -0.25) is 9.59 Å². The molecule has 2 aromatic carbocycles. The van der Waals surface area contributed by atoms with Gasteiger partial charge in [-0.05, 0) is 30.7 Å². The van der Waals surface area contributed by atoms with Crippen molar-refractivity contribution in [2.45, 2.75) is 19.4 Å². The average Bonchev–Trinajstić information content (AvgIpc) is 2.80. The molecule has 1 saturated heterocycles. The largest absolute Gasteiger partial charge is 0.495 e. The molecule has 1 aliphatic rings. The van der Waals surface area contributed by atoms with E-state index in [-0.39, 0.29) is 11.5 Å². The summed E-state index contributed by atoms with van der Waals surface area (Å²) in [5.74, 6) is 0.954. The van der Waals surface area contributed by atoms with Crippen LogP contribution in [-0.4, -0.2) is 59.1 Å². The Labute approximate surface area is 174 Å². The van der Waals surface area contributed by atoms with Crippen molar-refractivity contribution in [2.24, 2.45) is 0 Å². The third-order valence-corrected chi connectivity index (χ3v) is 5.45. The fourth-order valence-corrected chi connectivity index (χ4v) is 3.80. The van der Waals surface area contributed by atoms with E-state index in [1.807, 2.05) is 41.3 Å². The van der Waals surface area contributed by atoms with E-state index in [2.05, 4.69) is 15.2 Å². The number of fused-ring (bicyclic) bond motifs is 1. The quantitative estimate of drug-likeness (QED) is 0.621. The molecule has 0 saturated carbocycles. The Hall–Kier alpha value is -3.42. The molecule has 0 radical (unpaired) electrons. The number of hydrogen-bond donors (Lipinski definition) is 0. The summed E-state index contributed by atoms with van der Waals surface area (Å²) in [5.41, 5.74) is 1.47. The average molecular weight is 407 g/mol. The fourth-order valence-electron chi connectivity index (χ4n) is 3.80. The normalized spacial score (nSPS) is 14.2. The summed E-state index contributed by atoms with van der Waals surface area (Å²) < 4.78 is 6.79. The summed E-state index contributed by atoms with van der Waals surface area (Å²) >= 11 is 0. The van der Waals surface area contributed by atoms with E-state index in [1.165, 1.54) is 4.68 Å². The molecule has 1 fully saturated rings. The van der Waals surface area contributed by atoms with Gasteiger partial charge in [-0.2, -0.15) is 0 Å². The van der Waals surface area contributed by atoms with Gasteiger partial charge < -0.3 is 14.5 Å². The molecule has 4 rings (SSSR count). The highest BCUT2D eigenvalue weighted by Gasteiger charge is 2.22. The molecule has 1 amide bonds. The molecule has 8 nitrogen and oxygen atoms in total. The zero-order valence-electron chi connectivity index (χ0n) is 17.0. The van der Waals surface area contributed by atoms with Gasteiger partial charge in [0, 0.05) is 39.1 Å². The van der Waals surface area contributed by atoms with Crippen molar-refractivity contribution in [3.05, 3.63) is 58.9 Å². The number of rotatable bonds is 6. The van der Waals surface area contributed by atoms with Crippen molar-refractivity contribution >= 4 is 22.5 Å². The number of methoxy groups -OCH3 is 1. The van der Waals surface area contributed by atoms with Gasteiger partial charge in [-0.15, -0.1) is 5.10 Å². The number of anilines is 1. The Morgan fingerprint density at radius 2 is 1.77 bits per heavy atom. The summed E-state index contributed by atoms with van der Waals surface area (Å²) in [7, 11) is 1.67. The van der Waals surface area contributed by atoms with E-state index in [0.717, 1.165) is 24.5 Å². The van der Waals surface area contributed by atoms with Crippen LogP contribution in [0.25, 0.3) is 10.9 Å². The number of hydrogen-bond acceptors (Lipinski definition) is 6. The zero-order chi connectivity index (χ0) is 20.9. The van der Waals surface area contributed by atoms with Crippen LogP contribution in [0.4, 0.5) is 5.69 Å². The molecule has 0 spiro atoms. The number of ether oxygens (including phenoxy) is 1. The maximum Gasteiger partial charge on any atom is 0.277 e. The van der Waals surface area contributed by atoms with Crippen molar-refractivity contribution in [1.82, 2.24) is 19.9 Å². The van der Waals surface area contributed by atoms with Crippen molar-refractivity contribution in [3.8, 4) is 5.75 Å². The third kappa shape index (κ3) is 4.12. The lowest BCUT2D eigenvalue weighted by Gasteiger charge is -2.36. The molecule has 1 aliphatic heterocycles. The van der Waals surface area contributed by atoms with Crippen LogP contribution in [0.5, 0.6) is 5.75 Å². The lowest BCUT2D eigenvalue weighted by atomic mass is 10.2. The number of aryl methyl sites for hydroxylation is 1. The molecule has 8 heteroatoms. The van der Waals surface area contributed by atoms with Gasteiger partial charge in [0.15, 0.2) is 0 Å². The second kappa shape index (κ2) is 8.94. The number of piperazine rings is 1. The first-order valence-electron chi connectivity index (χ1n) is 10.2. The topological polar surface area (TPSA) is 80.6 Å². The van der Waals surface area contributed by atoms with E-state index in [9.17, 15) is 9.59 Å². The number of para-hydroxylation sites is 2. The summed E-state index contributed by atoms with van der Waals surface area (Å²) in [4.78, 5) is 29.2. The number of amides is 1. The number of nitrogens with zero attached hydrogens (tertiary/aromatic N) is 5. The maximum absolute atomic E-state index is 12.6. The Bertz CT molecular complexity index is 1090. The van der Waals surface area contributed by atoms with Gasteiger partial charge in [0.2, 0.25) is 5.91 Å². The van der Waals surface area contributed by atoms with Crippen LogP contribution in [0.3, 0.4) is 0 Å². The monoisotopic (exact) mass is 407 g/mol. The molecule has 1 aromatic heterocycles. The molecule has 0 N–H and O–H groups in total. The van der Waals surface area contributed by atoms with Crippen molar-refractivity contribution in [2.75, 3.05) is 38.2 Å². The van der Waals surface area contributed by atoms with E-state index < -0.39 is 0 Å². The van der Waals surface area contributed by atoms with E-state index >= 15 is 0 Å². The Morgan fingerprint density at radius 1 is 1.03 bits per heavy atom. The van der Waals surface area contributed by atoms with Gasteiger partial charge in [-0.25, -0.2) is 4.68 Å². The maximum atomic E-state index is 12.6. The van der Waals surface area contributed by atoms with Gasteiger partial charge in [-0.1, -0.05) is 29.5 Å². The molecule has 0 atom stereocenters. The molecule has 156 valence electrons. The van der Waals surface area contributed by atoms with Gasteiger partial charge in [0.25, 0.3) is 5.56 Å². The second-order valence-corrected chi connectivity index (χ2v) is 7.28. The van der Waals surface area contributed by atoms with E-state index in [4.69, 9.17) is 4.74 Å². The van der Waals surface area contributed by atoms with E-state index in [1.54, 1.807) is 19.2 Å². The van der Waals surface area contributed by atoms with Crippen LogP contribution in [0.1, 0.15) is 12.8 Å². The molecule has 30 heavy (non-hydrogen) atoms. The number of benzene rings is 2. The first-order chi connectivity index (χ1) is 14.7. The predicted octanol–water partition coefficient (Wildman–Crippen LogP) is 1.93. The first kappa shape index (κ1) is 19.9. The van der Waals surface area contributed by atoms with Crippen LogP contribution in [0.15, 0.2) is 53.3 Å². The smallest absolute Gasteiger partial charge is 0.277 e. The molecule has 3 aromatic rings. The Balaban J connectivity index is 1.29. The van der Waals surface area contributed by atoms with Crippen LogP contribution >= 0.6 is 0 Å². The lowest BCUT2D eigenvalue weighted by molar-refractivity contribution is -0.131. The highest BCUT2D eigenvalue weighted by atomic mass is 16.5. The first-order valence-corrected chi connectivity index (χ1v) is 10.2. The molecular weight excluding hydrogens is 382 g/mol. The van der Waals surface area contributed by atoms with Crippen LogP contribution in [0.2, 0.25) is 0 Å². The third-order valence-electron chi connectivity index (χ3n) is 5.45. The zero-order valence-corrected chi connectivity index (χ0v) is 17.0. The molecule has 0 bridgehead atoms. The van der Waals surface area contributed by atoms with Crippen molar-refractivity contribution < 1.29 is 9.53 Å². The highest BCUT2D eigenvalue weighted by molar-refractivity contribution is 5.77. The van der Waals surface area contributed by atoms with Gasteiger partial charge in [0.1, 0.15) is 11.3 Å². The highest BCUT2D eigenvalue weighted by Crippen LogP contribution is 2.28. The molecule has 2 heterocycles. The number of aromatic nitrogens is 3. The van der Waals surface area contributed by atoms with Crippen LogP contribution in [0, 0.1) is 0 Å². The number of carbonyl (C=O) groups excluding carboxylic acids is 1. The SMILES string of the molecule is COc1ccccc1N1CCN(C(=O)CCCn2nnc3ccccc3c2=O)CC1. The lowest BCUT2D eigenvalue weighted by Crippen LogP contribution is -2.48. The van der Waals surface area contributed by atoms with Gasteiger partial charge >= 0.3 is 0 Å². The Kier molecular flexibility index (Phi) is 5.92. The molecule has 0 unspecified atom stereocenters. The number of carbonyl (C=O) groups is 1. The van der Waals surface area contributed by atoms with Crippen molar-refractivity contribution in [1.29, 1.82) is 0 Å². The summed E-state index contributed by atoms with van der Waals surface area (Å²) in [5, 5.41) is 8.62. The minimum atomic E-state index is -0.168. The summed E-state index contributed by atoms with van der Waals surface area (Å²) in [6, 6.07) is 15.1. The second-order valence-electron chi connectivity index (χ2n) is 7.28. The summed E-state index contributed by atoms with van der Waals surface area (Å²) in [6.07, 6.45) is 0.939. The van der Waals surface area contributed by atoms with E-state index in [0.29, 0.717) is 43.4 Å². The van der Waals surface area contributed by atoms with Crippen LogP contribution < -0.4 is 15.2 Å². The summed E-state index contributed by atoms with van der Waals surface area (Å²) in [6.45, 7) is 3.26. The standard InChI is InChI=1S/C22H25N5O3/c1-30-20-10-5-4-9-19(20)25-13-15-26(16-14-25)21(28)11-6-12-27-22(29)17-7-2-3-8-18(17)23-24-27/h2-5,7-10H,6,11-16H2,1H3. The fraction of sp³-hybridized carbons (Fsp3) is 0.364. The van der Waals surface area contributed by atoms with Crippen LogP contribution in [-0.2, 0) is 11.3 Å².